The first kappa shape index (κ1) is 25.5. The van der Waals surface area contributed by atoms with Gasteiger partial charge in [-0.3, -0.25) is 4.79 Å². The van der Waals surface area contributed by atoms with Crippen LogP contribution in [-0.2, 0) is 11.4 Å². The molecule has 9 heteroatoms. The van der Waals surface area contributed by atoms with Crippen LogP contribution in [-0.4, -0.2) is 28.9 Å². The molecule has 4 aromatic rings. The third kappa shape index (κ3) is 4.65. The number of rotatable bonds is 8. The number of anilines is 1. The molecule has 1 aliphatic heterocycles. The number of carbonyl (C=O) groups is 1. The number of hydrogen-bond donors (Lipinski definition) is 0. The van der Waals surface area contributed by atoms with Crippen LogP contribution < -0.4 is 24.2 Å². The smallest absolute Gasteiger partial charge is 0.296 e. The lowest BCUT2D eigenvalue weighted by Crippen LogP contribution is -2.59. The van der Waals surface area contributed by atoms with Crippen LogP contribution >= 0.6 is 11.8 Å². The predicted molar refractivity (Wildman–Crippen MR) is 143 cm³/mol. The first-order valence-electron chi connectivity index (χ1n) is 12.5. The zero-order valence-corrected chi connectivity index (χ0v) is 22.3. The fourth-order valence-electron chi connectivity index (χ4n) is 4.63. The minimum Gasteiger partial charge on any atom is -0.854 e. The van der Waals surface area contributed by atoms with Crippen molar-refractivity contribution in [2.75, 3.05) is 17.8 Å². The van der Waals surface area contributed by atoms with E-state index in [1.807, 2.05) is 86.6 Å². The van der Waals surface area contributed by atoms with Gasteiger partial charge in [-0.05, 0) is 35.6 Å². The number of thioether (sulfide) groups is 1. The average Bonchev–Trinajstić information content (AvgIpc) is 2.95. The summed E-state index contributed by atoms with van der Waals surface area (Å²) in [6, 6.07) is 22.7. The summed E-state index contributed by atoms with van der Waals surface area (Å²) >= 11 is 1.37. The quantitative estimate of drug-likeness (QED) is 0.246. The molecule has 0 bridgehead atoms. The first-order valence-corrected chi connectivity index (χ1v) is 13.4. The number of ether oxygens (including phenoxy) is 2. The SMILES string of the molecule is CCSc1nc([O-])c2[n+](n1)C(c1cccc(OC)c1OCc1ccccc1)N(C(=O)CC)c1ccccc1-2. The van der Waals surface area contributed by atoms with E-state index < -0.39 is 12.0 Å². The summed E-state index contributed by atoms with van der Waals surface area (Å²) in [6.45, 7) is 4.09. The Morgan fingerprint density at radius 1 is 1.05 bits per heavy atom. The van der Waals surface area contributed by atoms with Gasteiger partial charge in [0.1, 0.15) is 6.61 Å². The van der Waals surface area contributed by atoms with Crippen molar-refractivity contribution in [3.63, 3.8) is 0 Å². The molecule has 0 saturated carbocycles. The van der Waals surface area contributed by atoms with Crippen LogP contribution in [0.3, 0.4) is 0 Å². The van der Waals surface area contributed by atoms with E-state index in [0.29, 0.717) is 51.5 Å². The van der Waals surface area contributed by atoms with Crippen molar-refractivity contribution < 1.29 is 24.1 Å². The molecule has 5 rings (SSSR count). The average molecular weight is 529 g/mol. The molecule has 0 fully saturated rings. The van der Waals surface area contributed by atoms with Gasteiger partial charge in [0, 0.05) is 11.5 Å². The molecule has 1 atom stereocenters. The molecule has 1 amide bonds. The van der Waals surface area contributed by atoms with Crippen molar-refractivity contribution in [1.29, 1.82) is 0 Å². The molecule has 3 aromatic carbocycles. The van der Waals surface area contributed by atoms with Gasteiger partial charge in [0.15, 0.2) is 11.5 Å². The molecule has 0 saturated heterocycles. The highest BCUT2D eigenvalue weighted by molar-refractivity contribution is 7.99. The molecule has 38 heavy (non-hydrogen) atoms. The number of hydrogen-bond acceptors (Lipinski definition) is 7. The first-order chi connectivity index (χ1) is 18.6. The molecule has 0 N–H and O–H groups in total. The lowest BCUT2D eigenvalue weighted by atomic mass is 10.00. The fraction of sp³-hybridized carbons (Fsp3) is 0.241. The highest BCUT2D eigenvalue weighted by Crippen LogP contribution is 2.44. The summed E-state index contributed by atoms with van der Waals surface area (Å²) in [7, 11) is 1.58. The Balaban J connectivity index is 1.76. The maximum absolute atomic E-state index is 13.6. The van der Waals surface area contributed by atoms with Gasteiger partial charge < -0.3 is 14.6 Å². The molecular formula is C29H28N4O4S. The largest absolute Gasteiger partial charge is 0.854 e. The van der Waals surface area contributed by atoms with E-state index in [2.05, 4.69) is 4.98 Å². The normalized spacial score (nSPS) is 14.0. The lowest BCUT2D eigenvalue weighted by Gasteiger charge is -2.34. The Morgan fingerprint density at radius 3 is 2.55 bits per heavy atom. The number of methoxy groups -OCH3 is 1. The van der Waals surface area contributed by atoms with Crippen LogP contribution in [0.2, 0.25) is 0 Å². The van der Waals surface area contributed by atoms with Crippen molar-refractivity contribution in [2.24, 2.45) is 0 Å². The third-order valence-corrected chi connectivity index (χ3v) is 7.01. The molecule has 1 unspecified atom stereocenters. The third-order valence-electron chi connectivity index (χ3n) is 6.30. The topological polar surface area (TPSA) is 91.5 Å². The molecule has 0 aliphatic carbocycles. The Morgan fingerprint density at radius 2 is 1.82 bits per heavy atom. The van der Waals surface area contributed by atoms with Crippen LogP contribution in [0.5, 0.6) is 17.4 Å². The van der Waals surface area contributed by atoms with Gasteiger partial charge in [0.25, 0.3) is 17.0 Å². The van der Waals surface area contributed by atoms with Crippen LogP contribution in [0.15, 0.2) is 78.0 Å². The summed E-state index contributed by atoms with van der Waals surface area (Å²) in [6.07, 6.45) is -0.531. The number of benzene rings is 3. The summed E-state index contributed by atoms with van der Waals surface area (Å²) in [5, 5.41) is 18.6. The second-order valence-electron chi connectivity index (χ2n) is 8.59. The monoisotopic (exact) mass is 528 g/mol. The van der Waals surface area contributed by atoms with Crippen LogP contribution in [0.4, 0.5) is 5.69 Å². The van der Waals surface area contributed by atoms with E-state index >= 15 is 0 Å². The van der Waals surface area contributed by atoms with Crippen molar-refractivity contribution >= 4 is 23.4 Å². The number of fused-ring (bicyclic) bond motifs is 3. The van der Waals surface area contributed by atoms with E-state index in [1.54, 1.807) is 16.7 Å². The standard InChI is InChI=1S/C29H28N4O4S/c1-4-24(34)32-22-16-10-9-14-20(22)25-27(35)30-29(38-5-2)31-33(25)28(32)21-15-11-17-23(36-3)26(21)37-18-19-12-7-6-8-13-19/h6-17,28H,4-5,18H2,1-3H3. The van der Waals surface area contributed by atoms with Gasteiger partial charge in [0.05, 0.1) is 29.8 Å². The highest BCUT2D eigenvalue weighted by atomic mass is 32.2. The molecule has 0 radical (unpaired) electrons. The van der Waals surface area contributed by atoms with Crippen molar-refractivity contribution in [1.82, 2.24) is 10.1 Å². The molecule has 1 aromatic heterocycles. The Bertz CT molecular complexity index is 1460. The predicted octanol–water partition coefficient (Wildman–Crippen LogP) is 4.51. The van der Waals surface area contributed by atoms with Gasteiger partial charge in [-0.25, -0.2) is 9.88 Å². The fourth-order valence-corrected chi connectivity index (χ4v) is 5.18. The van der Waals surface area contributed by atoms with Crippen LogP contribution in [0.25, 0.3) is 11.3 Å². The van der Waals surface area contributed by atoms with Gasteiger partial charge in [-0.1, -0.05) is 78.8 Å². The Hall–Kier alpha value is -4.11. The van der Waals surface area contributed by atoms with Gasteiger partial charge in [-0.2, -0.15) is 0 Å². The summed E-state index contributed by atoms with van der Waals surface area (Å²) in [5.41, 5.74) is 3.19. The Labute approximate surface area is 225 Å². The Kier molecular flexibility index (Phi) is 7.46. The second-order valence-corrected chi connectivity index (χ2v) is 9.82. The van der Waals surface area contributed by atoms with Crippen LogP contribution in [0.1, 0.15) is 37.6 Å². The molecule has 2 heterocycles. The highest BCUT2D eigenvalue weighted by Gasteiger charge is 2.46. The molecule has 0 spiro atoms. The van der Waals surface area contributed by atoms with E-state index in [4.69, 9.17) is 14.6 Å². The van der Waals surface area contributed by atoms with Crippen molar-refractivity contribution in [2.45, 2.75) is 38.2 Å². The number of nitrogens with zero attached hydrogens (tertiary/aromatic N) is 4. The minimum atomic E-state index is -0.792. The molecule has 1 aliphatic rings. The van der Waals surface area contributed by atoms with Crippen LogP contribution in [0, 0.1) is 0 Å². The van der Waals surface area contributed by atoms with Gasteiger partial charge >= 0.3 is 0 Å². The van der Waals surface area contributed by atoms with E-state index in [0.717, 1.165) is 5.56 Å². The van der Waals surface area contributed by atoms with Crippen molar-refractivity contribution in [3.05, 3.63) is 83.9 Å². The molecule has 194 valence electrons. The van der Waals surface area contributed by atoms with E-state index in [1.165, 1.54) is 11.8 Å². The number of para-hydroxylation sites is 2. The number of amides is 1. The van der Waals surface area contributed by atoms with E-state index in [9.17, 15) is 9.90 Å². The number of carbonyl (C=O) groups excluding carboxylic acids is 1. The maximum Gasteiger partial charge on any atom is 0.296 e. The minimum absolute atomic E-state index is 0.117. The van der Waals surface area contributed by atoms with Gasteiger partial charge in [-0.15, -0.1) is 0 Å². The van der Waals surface area contributed by atoms with E-state index in [-0.39, 0.29) is 12.3 Å². The van der Waals surface area contributed by atoms with Gasteiger partial charge in [0.2, 0.25) is 5.91 Å². The zero-order chi connectivity index (χ0) is 26.6. The van der Waals surface area contributed by atoms with Crippen molar-refractivity contribution in [3.8, 4) is 28.6 Å². The summed E-state index contributed by atoms with van der Waals surface area (Å²) in [5.74, 6) is 1.18. The molecular weight excluding hydrogens is 500 g/mol. The zero-order valence-electron chi connectivity index (χ0n) is 21.5. The lowest BCUT2D eigenvalue weighted by molar-refractivity contribution is -0.764. The number of aromatic nitrogens is 3. The summed E-state index contributed by atoms with van der Waals surface area (Å²) < 4.78 is 13.7. The molecule has 8 nitrogen and oxygen atoms in total. The second kappa shape index (κ2) is 11.1. The maximum atomic E-state index is 13.6. The summed E-state index contributed by atoms with van der Waals surface area (Å²) in [4.78, 5) is 19.5.